The third-order valence-corrected chi connectivity index (χ3v) is 3.06. The van der Waals surface area contributed by atoms with E-state index in [0.29, 0.717) is 12.0 Å². The summed E-state index contributed by atoms with van der Waals surface area (Å²) in [5.41, 5.74) is 2.99. The second-order valence-electron chi connectivity index (χ2n) is 4.21. The molecule has 1 N–H and O–H groups in total. The smallest absolute Gasteiger partial charge is 0.0991 e. The zero-order valence-electron chi connectivity index (χ0n) is 10.1. The lowest BCUT2D eigenvalue weighted by atomic mass is 9.88. The first-order chi connectivity index (χ1) is 8.85. The summed E-state index contributed by atoms with van der Waals surface area (Å²) in [4.78, 5) is 0. The first-order valence-corrected chi connectivity index (χ1v) is 6.01. The molecule has 2 rings (SSSR count). The van der Waals surface area contributed by atoms with Gasteiger partial charge in [0, 0.05) is 12.5 Å². The average molecular weight is 237 g/mol. The summed E-state index contributed by atoms with van der Waals surface area (Å²) in [5.74, 6) is 0.184. The zero-order valence-corrected chi connectivity index (χ0v) is 10.1. The molecule has 1 unspecified atom stereocenters. The van der Waals surface area contributed by atoms with Crippen molar-refractivity contribution in [3.05, 3.63) is 71.3 Å². The van der Waals surface area contributed by atoms with Gasteiger partial charge in [-0.25, -0.2) is 0 Å². The molecule has 0 fully saturated rings. The minimum absolute atomic E-state index is 0.152. The lowest BCUT2D eigenvalue weighted by molar-refractivity contribution is 0.281. The van der Waals surface area contributed by atoms with Crippen LogP contribution in [0.25, 0.3) is 0 Å². The van der Waals surface area contributed by atoms with E-state index >= 15 is 0 Å². The fraction of sp³-hybridized carbons (Fsp3) is 0.188. The number of hydrogen-bond donors (Lipinski definition) is 1. The lowest BCUT2D eigenvalue weighted by Crippen LogP contribution is -2.03. The number of aliphatic hydroxyl groups excluding tert-OH is 1. The summed E-state index contributed by atoms with van der Waals surface area (Å²) >= 11 is 0. The van der Waals surface area contributed by atoms with Crippen molar-refractivity contribution >= 4 is 0 Å². The molecule has 0 radical (unpaired) electrons. The molecule has 1 atom stereocenters. The maximum atomic E-state index is 9.21. The standard InChI is InChI=1S/C16H15NO/c17-12-13-6-8-15(9-7-13)16(10-11-18)14-4-2-1-3-5-14/h1-9,16,18H,10-11H2. The van der Waals surface area contributed by atoms with Crippen molar-refractivity contribution in [2.45, 2.75) is 12.3 Å². The summed E-state index contributed by atoms with van der Waals surface area (Å²) in [5, 5.41) is 18.0. The number of rotatable bonds is 4. The molecule has 0 aromatic heterocycles. The molecule has 0 saturated carbocycles. The van der Waals surface area contributed by atoms with Crippen LogP contribution in [0.3, 0.4) is 0 Å². The highest BCUT2D eigenvalue weighted by atomic mass is 16.3. The van der Waals surface area contributed by atoms with Gasteiger partial charge in [0.05, 0.1) is 11.6 Å². The summed E-state index contributed by atoms with van der Waals surface area (Å²) in [6.07, 6.45) is 0.690. The zero-order chi connectivity index (χ0) is 12.8. The van der Waals surface area contributed by atoms with E-state index in [-0.39, 0.29) is 12.5 Å². The highest BCUT2D eigenvalue weighted by Crippen LogP contribution is 2.27. The first kappa shape index (κ1) is 12.3. The number of aliphatic hydroxyl groups is 1. The van der Waals surface area contributed by atoms with E-state index < -0.39 is 0 Å². The number of nitriles is 1. The van der Waals surface area contributed by atoms with Crippen LogP contribution < -0.4 is 0 Å². The van der Waals surface area contributed by atoms with Gasteiger partial charge in [0.1, 0.15) is 0 Å². The molecule has 0 spiro atoms. The highest BCUT2D eigenvalue weighted by Gasteiger charge is 2.13. The van der Waals surface area contributed by atoms with Crippen molar-refractivity contribution in [3.8, 4) is 6.07 Å². The maximum Gasteiger partial charge on any atom is 0.0991 e. The fourth-order valence-corrected chi connectivity index (χ4v) is 2.13. The van der Waals surface area contributed by atoms with Crippen LogP contribution in [0.4, 0.5) is 0 Å². The Morgan fingerprint density at radius 1 is 0.944 bits per heavy atom. The Kier molecular flexibility index (Phi) is 4.11. The van der Waals surface area contributed by atoms with E-state index in [2.05, 4.69) is 18.2 Å². The molecule has 0 aliphatic rings. The summed E-state index contributed by atoms with van der Waals surface area (Å²) in [6.45, 7) is 0.152. The van der Waals surface area contributed by atoms with Gasteiger partial charge in [0.15, 0.2) is 0 Å². The van der Waals surface area contributed by atoms with Crippen LogP contribution in [0.1, 0.15) is 29.0 Å². The van der Waals surface area contributed by atoms with E-state index in [0.717, 1.165) is 5.56 Å². The second-order valence-corrected chi connectivity index (χ2v) is 4.21. The predicted molar refractivity (Wildman–Crippen MR) is 71.1 cm³/mol. The number of benzene rings is 2. The largest absolute Gasteiger partial charge is 0.396 e. The van der Waals surface area contributed by atoms with E-state index in [1.54, 1.807) is 0 Å². The molecule has 90 valence electrons. The Morgan fingerprint density at radius 3 is 2.11 bits per heavy atom. The molecule has 0 aliphatic carbocycles. The average Bonchev–Trinajstić information content (AvgIpc) is 2.46. The van der Waals surface area contributed by atoms with Crippen molar-refractivity contribution in [1.29, 1.82) is 5.26 Å². The molecular weight excluding hydrogens is 222 g/mol. The van der Waals surface area contributed by atoms with Gasteiger partial charge in [-0.2, -0.15) is 5.26 Å². The topological polar surface area (TPSA) is 44.0 Å². The second kappa shape index (κ2) is 6.00. The molecule has 2 nitrogen and oxygen atoms in total. The monoisotopic (exact) mass is 237 g/mol. The molecule has 2 aromatic carbocycles. The van der Waals surface area contributed by atoms with Crippen LogP contribution >= 0.6 is 0 Å². The van der Waals surface area contributed by atoms with Gasteiger partial charge in [-0.15, -0.1) is 0 Å². The first-order valence-electron chi connectivity index (χ1n) is 6.01. The summed E-state index contributed by atoms with van der Waals surface area (Å²) in [6, 6.07) is 19.8. The highest BCUT2D eigenvalue weighted by molar-refractivity contribution is 5.37. The van der Waals surface area contributed by atoms with E-state index in [9.17, 15) is 5.11 Å². The van der Waals surface area contributed by atoms with Gasteiger partial charge in [-0.1, -0.05) is 42.5 Å². The molecule has 0 aliphatic heterocycles. The van der Waals surface area contributed by atoms with Gasteiger partial charge in [0.2, 0.25) is 0 Å². The fourth-order valence-electron chi connectivity index (χ4n) is 2.13. The predicted octanol–water partition coefficient (Wildman–Crippen LogP) is 3.07. The van der Waals surface area contributed by atoms with Crippen LogP contribution in [0.5, 0.6) is 0 Å². The van der Waals surface area contributed by atoms with Crippen LogP contribution in [0, 0.1) is 11.3 Å². The van der Waals surface area contributed by atoms with E-state index in [1.807, 2.05) is 42.5 Å². The van der Waals surface area contributed by atoms with Crippen molar-refractivity contribution < 1.29 is 5.11 Å². The van der Waals surface area contributed by atoms with Crippen LogP contribution in [-0.4, -0.2) is 11.7 Å². The van der Waals surface area contributed by atoms with Crippen LogP contribution in [-0.2, 0) is 0 Å². The van der Waals surface area contributed by atoms with Crippen molar-refractivity contribution in [1.82, 2.24) is 0 Å². The van der Waals surface area contributed by atoms with E-state index in [4.69, 9.17) is 5.26 Å². The van der Waals surface area contributed by atoms with Crippen molar-refractivity contribution in [3.63, 3.8) is 0 Å². The normalized spacial score (nSPS) is 11.8. The lowest BCUT2D eigenvalue weighted by Gasteiger charge is -2.16. The number of hydrogen-bond acceptors (Lipinski definition) is 2. The van der Waals surface area contributed by atoms with Crippen LogP contribution in [0.15, 0.2) is 54.6 Å². The molecule has 18 heavy (non-hydrogen) atoms. The Hall–Kier alpha value is -2.11. The molecule has 0 amide bonds. The molecule has 0 saturated heterocycles. The van der Waals surface area contributed by atoms with Crippen LogP contribution in [0.2, 0.25) is 0 Å². The van der Waals surface area contributed by atoms with Gasteiger partial charge < -0.3 is 5.11 Å². The number of nitrogens with zero attached hydrogens (tertiary/aromatic N) is 1. The maximum absolute atomic E-state index is 9.21. The Balaban J connectivity index is 2.33. The van der Waals surface area contributed by atoms with Gasteiger partial charge >= 0.3 is 0 Å². The Labute approximate surface area is 107 Å². The third kappa shape index (κ3) is 2.77. The SMILES string of the molecule is N#Cc1ccc(C(CCO)c2ccccc2)cc1. The van der Waals surface area contributed by atoms with Gasteiger partial charge in [-0.3, -0.25) is 0 Å². The molecule has 2 aromatic rings. The van der Waals surface area contributed by atoms with Crippen molar-refractivity contribution in [2.75, 3.05) is 6.61 Å². The minimum Gasteiger partial charge on any atom is -0.396 e. The molecule has 0 heterocycles. The Bertz CT molecular complexity index is 525. The summed E-state index contributed by atoms with van der Waals surface area (Å²) in [7, 11) is 0. The quantitative estimate of drug-likeness (QED) is 0.888. The molecular formula is C16H15NO. The van der Waals surface area contributed by atoms with E-state index in [1.165, 1.54) is 5.56 Å². The minimum atomic E-state index is 0.152. The summed E-state index contributed by atoms with van der Waals surface area (Å²) < 4.78 is 0. The van der Waals surface area contributed by atoms with Crippen molar-refractivity contribution in [2.24, 2.45) is 0 Å². The molecule has 0 bridgehead atoms. The van der Waals surface area contributed by atoms with Gasteiger partial charge in [-0.05, 0) is 29.7 Å². The third-order valence-electron chi connectivity index (χ3n) is 3.06. The molecule has 2 heteroatoms. The Morgan fingerprint density at radius 2 is 1.56 bits per heavy atom. The van der Waals surface area contributed by atoms with Gasteiger partial charge in [0.25, 0.3) is 0 Å².